The molecule has 0 spiro atoms. The van der Waals surface area contributed by atoms with Crippen LogP contribution in [0.15, 0.2) is 12.1 Å². The molecule has 21 heavy (non-hydrogen) atoms. The molecule has 0 saturated heterocycles. The largest absolute Gasteiger partial charge is 0.491 e. The molecule has 1 aromatic rings. The number of nitrogens with two attached hydrogens (primary N) is 1. The molecule has 0 heterocycles. The van der Waals surface area contributed by atoms with Gasteiger partial charge in [0, 0.05) is 11.1 Å². The van der Waals surface area contributed by atoms with Crippen LogP contribution in [-0.2, 0) is 16.3 Å². The van der Waals surface area contributed by atoms with E-state index in [1.807, 2.05) is 6.92 Å². The van der Waals surface area contributed by atoms with Gasteiger partial charge in [-0.25, -0.2) is 8.42 Å². The van der Waals surface area contributed by atoms with Crippen molar-refractivity contribution >= 4 is 33.0 Å². The number of rotatable bonds is 7. The first-order chi connectivity index (χ1) is 9.63. The van der Waals surface area contributed by atoms with E-state index in [4.69, 9.17) is 33.7 Å². The molecule has 1 atom stereocenters. The van der Waals surface area contributed by atoms with Crippen LogP contribution < -0.4 is 10.5 Å². The molecule has 2 N–H and O–H groups in total. The van der Waals surface area contributed by atoms with Crippen LogP contribution >= 0.6 is 23.2 Å². The van der Waals surface area contributed by atoms with Gasteiger partial charge >= 0.3 is 0 Å². The SMILES string of the molecule is CC(N)Cc1cc(Cl)cc(Cl)c1OCCS(=O)(=O)C(C)C. The van der Waals surface area contributed by atoms with Gasteiger partial charge in [0.15, 0.2) is 9.84 Å². The molecule has 0 fully saturated rings. The van der Waals surface area contributed by atoms with Crippen LogP contribution in [0.3, 0.4) is 0 Å². The van der Waals surface area contributed by atoms with Crippen molar-refractivity contribution in [3.63, 3.8) is 0 Å². The number of halogens is 2. The van der Waals surface area contributed by atoms with Crippen LogP contribution in [0.25, 0.3) is 0 Å². The van der Waals surface area contributed by atoms with E-state index in [1.54, 1.807) is 26.0 Å². The second kappa shape index (κ2) is 7.68. The summed E-state index contributed by atoms with van der Waals surface area (Å²) in [7, 11) is -3.14. The first-order valence-electron chi connectivity index (χ1n) is 6.71. The fourth-order valence-electron chi connectivity index (χ4n) is 1.77. The van der Waals surface area contributed by atoms with E-state index in [-0.39, 0.29) is 18.4 Å². The van der Waals surface area contributed by atoms with E-state index in [0.29, 0.717) is 22.2 Å². The highest BCUT2D eigenvalue weighted by molar-refractivity contribution is 7.91. The van der Waals surface area contributed by atoms with Gasteiger partial charge in [0.25, 0.3) is 0 Å². The molecule has 1 rings (SSSR count). The van der Waals surface area contributed by atoms with Gasteiger partial charge in [0.05, 0.1) is 16.0 Å². The Labute approximate surface area is 136 Å². The standard InChI is InChI=1S/C14H21Cl2NO3S/c1-9(2)21(18,19)5-4-20-14-11(6-10(3)17)7-12(15)8-13(14)16/h7-10H,4-6,17H2,1-3H3. The van der Waals surface area contributed by atoms with Gasteiger partial charge in [-0.15, -0.1) is 0 Å². The molecule has 0 bridgehead atoms. The Balaban J connectivity index is 2.87. The maximum absolute atomic E-state index is 11.8. The number of sulfone groups is 1. The predicted molar refractivity (Wildman–Crippen MR) is 88.2 cm³/mol. The molecule has 0 aliphatic heterocycles. The first-order valence-corrected chi connectivity index (χ1v) is 9.18. The molecule has 1 unspecified atom stereocenters. The highest BCUT2D eigenvalue weighted by Crippen LogP contribution is 2.33. The molecule has 1 aromatic carbocycles. The van der Waals surface area contributed by atoms with Gasteiger partial charge in [-0.1, -0.05) is 23.2 Å². The van der Waals surface area contributed by atoms with Gasteiger partial charge in [0.1, 0.15) is 12.4 Å². The van der Waals surface area contributed by atoms with Crippen molar-refractivity contribution in [3.8, 4) is 5.75 Å². The lowest BCUT2D eigenvalue weighted by molar-refractivity contribution is 0.336. The molecule has 7 heteroatoms. The van der Waals surface area contributed by atoms with E-state index in [0.717, 1.165) is 5.56 Å². The minimum absolute atomic E-state index is 0.0494. The summed E-state index contributed by atoms with van der Waals surface area (Å²) in [4.78, 5) is 0. The van der Waals surface area contributed by atoms with Crippen molar-refractivity contribution < 1.29 is 13.2 Å². The summed E-state index contributed by atoms with van der Waals surface area (Å²) in [5.41, 5.74) is 6.58. The van der Waals surface area contributed by atoms with Gasteiger partial charge in [-0.3, -0.25) is 0 Å². The first kappa shape index (κ1) is 18.6. The van der Waals surface area contributed by atoms with Crippen molar-refractivity contribution in [2.45, 2.75) is 38.5 Å². The molecule has 0 saturated carbocycles. The number of ether oxygens (including phenoxy) is 1. The number of benzene rings is 1. The molecular formula is C14H21Cl2NO3S. The van der Waals surface area contributed by atoms with Gasteiger partial charge in [-0.05, 0) is 44.9 Å². The van der Waals surface area contributed by atoms with Gasteiger partial charge < -0.3 is 10.5 Å². The van der Waals surface area contributed by atoms with Crippen molar-refractivity contribution in [3.05, 3.63) is 27.7 Å². The lowest BCUT2D eigenvalue weighted by Gasteiger charge is -2.16. The van der Waals surface area contributed by atoms with Gasteiger partial charge in [0.2, 0.25) is 0 Å². The van der Waals surface area contributed by atoms with Crippen molar-refractivity contribution in [1.29, 1.82) is 0 Å². The van der Waals surface area contributed by atoms with E-state index >= 15 is 0 Å². The molecule has 0 aliphatic rings. The molecule has 0 radical (unpaired) electrons. The van der Waals surface area contributed by atoms with Gasteiger partial charge in [-0.2, -0.15) is 0 Å². The summed E-state index contributed by atoms with van der Waals surface area (Å²) in [5, 5.41) is 0.434. The van der Waals surface area contributed by atoms with E-state index < -0.39 is 15.1 Å². The third-order valence-corrected chi connectivity index (χ3v) is 5.63. The monoisotopic (exact) mass is 353 g/mol. The summed E-state index contributed by atoms with van der Waals surface area (Å²) < 4.78 is 29.1. The fourth-order valence-corrected chi connectivity index (χ4v) is 3.15. The van der Waals surface area contributed by atoms with Crippen LogP contribution in [-0.4, -0.2) is 32.1 Å². The summed E-state index contributed by atoms with van der Waals surface area (Å²) in [6.07, 6.45) is 0.548. The van der Waals surface area contributed by atoms with E-state index in [1.165, 1.54) is 0 Å². The van der Waals surface area contributed by atoms with E-state index in [9.17, 15) is 8.42 Å². The van der Waals surface area contributed by atoms with E-state index in [2.05, 4.69) is 0 Å². The third kappa shape index (κ3) is 5.66. The zero-order valence-electron chi connectivity index (χ0n) is 12.4. The lowest BCUT2D eigenvalue weighted by atomic mass is 10.1. The van der Waals surface area contributed by atoms with Crippen LogP contribution in [0.1, 0.15) is 26.3 Å². The van der Waals surface area contributed by atoms with Crippen molar-refractivity contribution in [2.75, 3.05) is 12.4 Å². The van der Waals surface area contributed by atoms with Crippen LogP contribution in [0, 0.1) is 0 Å². The van der Waals surface area contributed by atoms with Crippen LogP contribution in [0.2, 0.25) is 10.0 Å². The second-order valence-electron chi connectivity index (χ2n) is 5.32. The minimum Gasteiger partial charge on any atom is -0.491 e. The predicted octanol–water partition coefficient (Wildman–Crippen LogP) is 3.09. The zero-order chi connectivity index (χ0) is 16.2. The number of hydrogen-bond donors (Lipinski definition) is 1. The normalized spacial score (nSPS) is 13.5. The maximum Gasteiger partial charge on any atom is 0.155 e. The lowest BCUT2D eigenvalue weighted by Crippen LogP contribution is -2.23. The molecule has 0 aromatic heterocycles. The van der Waals surface area contributed by atoms with Crippen LogP contribution in [0.4, 0.5) is 0 Å². The summed E-state index contributed by atoms with van der Waals surface area (Å²) >= 11 is 12.1. The average molecular weight is 354 g/mol. The average Bonchev–Trinajstić information content (AvgIpc) is 2.31. The zero-order valence-corrected chi connectivity index (χ0v) is 14.7. The smallest absolute Gasteiger partial charge is 0.155 e. The topological polar surface area (TPSA) is 69.4 Å². The summed E-state index contributed by atoms with van der Waals surface area (Å²) in [6, 6.07) is 3.23. The maximum atomic E-state index is 11.8. The van der Waals surface area contributed by atoms with Crippen molar-refractivity contribution in [2.24, 2.45) is 5.73 Å². The molecule has 0 amide bonds. The molecule has 120 valence electrons. The highest BCUT2D eigenvalue weighted by atomic mass is 35.5. The molecule has 4 nitrogen and oxygen atoms in total. The molecular weight excluding hydrogens is 333 g/mol. The Morgan fingerprint density at radius 3 is 2.38 bits per heavy atom. The Morgan fingerprint density at radius 2 is 1.86 bits per heavy atom. The molecule has 0 aliphatic carbocycles. The Bertz CT molecular complexity index is 586. The minimum atomic E-state index is -3.14. The Kier molecular flexibility index (Phi) is 6.78. The number of hydrogen-bond acceptors (Lipinski definition) is 4. The highest BCUT2D eigenvalue weighted by Gasteiger charge is 2.18. The Hall–Kier alpha value is -0.490. The second-order valence-corrected chi connectivity index (χ2v) is 8.84. The quantitative estimate of drug-likeness (QED) is 0.817. The fraction of sp³-hybridized carbons (Fsp3) is 0.571. The van der Waals surface area contributed by atoms with Crippen molar-refractivity contribution in [1.82, 2.24) is 0 Å². The van der Waals surface area contributed by atoms with Crippen LogP contribution in [0.5, 0.6) is 5.75 Å². The summed E-state index contributed by atoms with van der Waals surface area (Å²) in [6.45, 7) is 5.20. The summed E-state index contributed by atoms with van der Waals surface area (Å²) in [5.74, 6) is 0.402. The Morgan fingerprint density at radius 1 is 1.24 bits per heavy atom. The third-order valence-electron chi connectivity index (χ3n) is 2.96.